The van der Waals surface area contributed by atoms with Crippen molar-refractivity contribution in [2.24, 2.45) is 5.73 Å². The Balaban J connectivity index is 1.39. The van der Waals surface area contributed by atoms with Crippen molar-refractivity contribution in [3.8, 4) is 11.5 Å². The summed E-state index contributed by atoms with van der Waals surface area (Å²) in [7, 11) is -0.991. The lowest BCUT2D eigenvalue weighted by molar-refractivity contribution is -0.127. The predicted octanol–water partition coefficient (Wildman–Crippen LogP) is -0.996. The molecule has 11 heteroatoms. The third-order valence-corrected chi connectivity index (χ3v) is 5.89. The van der Waals surface area contributed by atoms with Gasteiger partial charge in [-0.05, 0) is 30.9 Å². The van der Waals surface area contributed by atoms with Crippen LogP contribution in [0.15, 0.2) is 12.1 Å². The summed E-state index contributed by atoms with van der Waals surface area (Å²) in [4.78, 5) is 25.9. The number of nitrogens with zero attached hydrogens (tertiary/aromatic N) is 1. The number of hydrogen-bond acceptors (Lipinski definition) is 8. The van der Waals surface area contributed by atoms with E-state index in [-0.39, 0.29) is 54.0 Å². The zero-order valence-electron chi connectivity index (χ0n) is 16.7. The van der Waals surface area contributed by atoms with Crippen molar-refractivity contribution in [1.29, 1.82) is 0 Å². The van der Waals surface area contributed by atoms with E-state index in [1.807, 2.05) is 11.0 Å². The van der Waals surface area contributed by atoms with Gasteiger partial charge in [-0.15, -0.1) is 0 Å². The Morgan fingerprint density at radius 3 is 2.83 bits per heavy atom. The molecular formula is C19H26BN3O7. The molecule has 0 spiro atoms. The van der Waals surface area contributed by atoms with E-state index in [0.717, 1.165) is 12.0 Å². The maximum absolute atomic E-state index is 12.1. The average Bonchev–Trinajstić information content (AvgIpc) is 3.45. The molecule has 30 heavy (non-hydrogen) atoms. The first kappa shape index (κ1) is 20.9. The molecule has 4 rings (SSSR count). The van der Waals surface area contributed by atoms with Crippen molar-refractivity contribution in [3.63, 3.8) is 0 Å². The number of carboxylic acids is 1. The van der Waals surface area contributed by atoms with E-state index in [4.69, 9.17) is 20.2 Å². The number of nitrogens with two attached hydrogens (primary N) is 1. The monoisotopic (exact) mass is 419 g/mol. The lowest BCUT2D eigenvalue weighted by Gasteiger charge is -2.42. The lowest BCUT2D eigenvalue weighted by atomic mass is 9.77. The van der Waals surface area contributed by atoms with Crippen LogP contribution in [-0.2, 0) is 4.79 Å². The number of aromatic carboxylic acids is 1. The van der Waals surface area contributed by atoms with Crippen molar-refractivity contribution < 1.29 is 34.2 Å². The molecule has 3 atom stereocenters. The summed E-state index contributed by atoms with van der Waals surface area (Å²) >= 11 is 0. The normalized spacial score (nSPS) is 24.6. The Labute approximate surface area is 174 Å². The van der Waals surface area contributed by atoms with E-state index >= 15 is 0 Å². The highest BCUT2D eigenvalue weighted by atomic mass is 16.5. The number of nitrogens with one attached hydrogen (secondary N) is 1. The summed E-state index contributed by atoms with van der Waals surface area (Å²) in [5, 5.41) is 31.1. The maximum Gasteiger partial charge on any atom is 0.526 e. The quantitative estimate of drug-likeness (QED) is 0.334. The molecular weight excluding hydrogens is 393 g/mol. The molecule has 162 valence electrons. The smallest absolute Gasteiger partial charge is 0.526 e. The molecule has 3 aliphatic rings. The first-order valence-corrected chi connectivity index (χ1v) is 10.0. The third-order valence-electron chi connectivity index (χ3n) is 5.89. The second-order valence-corrected chi connectivity index (χ2v) is 8.51. The number of carboxylic acid groups (broad SMARTS) is 1. The minimum Gasteiger partial charge on any atom is -0.535 e. The average molecular weight is 419 g/mol. The number of amides is 1. The Kier molecular flexibility index (Phi) is 5.39. The Morgan fingerprint density at radius 2 is 2.17 bits per heavy atom. The molecule has 2 fully saturated rings. The van der Waals surface area contributed by atoms with Crippen molar-refractivity contribution in [3.05, 3.63) is 23.3 Å². The van der Waals surface area contributed by atoms with Gasteiger partial charge in [0.15, 0.2) is 0 Å². The standard InChI is InChI=1S/C19H26BN3O7/c1-19(21,18(27)22-4-5-24)9-23-7-10(8-23)29-14-3-2-11-12-6-13(12)20(28)30-16(11)15(14)17(25)26/h2-3,10,12-13,24,28H,4-9,21H2,1H3,(H,22,27)(H,25,26). The number of carbonyl (C=O) groups excluding carboxylic acids is 1. The molecule has 2 aliphatic heterocycles. The van der Waals surface area contributed by atoms with Gasteiger partial charge in [0.2, 0.25) is 5.91 Å². The van der Waals surface area contributed by atoms with Gasteiger partial charge in [0.1, 0.15) is 28.7 Å². The highest BCUT2D eigenvalue weighted by molar-refractivity contribution is 6.48. The van der Waals surface area contributed by atoms with Crippen LogP contribution in [0.2, 0.25) is 5.82 Å². The van der Waals surface area contributed by atoms with Crippen molar-refractivity contribution in [2.45, 2.75) is 36.7 Å². The topological polar surface area (TPSA) is 155 Å². The molecule has 1 aromatic carbocycles. The van der Waals surface area contributed by atoms with E-state index in [9.17, 15) is 19.7 Å². The van der Waals surface area contributed by atoms with Crippen LogP contribution < -0.4 is 20.4 Å². The van der Waals surface area contributed by atoms with Crippen molar-refractivity contribution in [2.75, 3.05) is 32.8 Å². The van der Waals surface area contributed by atoms with Gasteiger partial charge in [0, 0.05) is 32.0 Å². The molecule has 0 bridgehead atoms. The van der Waals surface area contributed by atoms with Gasteiger partial charge in [0.25, 0.3) is 0 Å². The zero-order valence-corrected chi connectivity index (χ0v) is 16.7. The van der Waals surface area contributed by atoms with Crippen LogP contribution in [0.3, 0.4) is 0 Å². The van der Waals surface area contributed by atoms with Gasteiger partial charge in [0.05, 0.1) is 6.61 Å². The van der Waals surface area contributed by atoms with Gasteiger partial charge in [-0.2, -0.15) is 0 Å². The van der Waals surface area contributed by atoms with Crippen LogP contribution >= 0.6 is 0 Å². The molecule has 6 N–H and O–H groups in total. The third kappa shape index (κ3) is 3.85. The van der Waals surface area contributed by atoms with E-state index in [2.05, 4.69) is 5.32 Å². The van der Waals surface area contributed by atoms with E-state index in [0.29, 0.717) is 19.6 Å². The van der Waals surface area contributed by atoms with Crippen LogP contribution in [0, 0.1) is 0 Å². The zero-order chi connectivity index (χ0) is 21.6. The first-order chi connectivity index (χ1) is 14.2. The summed E-state index contributed by atoms with van der Waals surface area (Å²) in [6.07, 6.45) is 0.536. The number of carbonyl (C=O) groups is 2. The lowest BCUT2D eigenvalue weighted by Crippen LogP contribution is -2.64. The number of aliphatic hydroxyl groups is 1. The number of benzene rings is 1. The molecule has 1 aliphatic carbocycles. The first-order valence-electron chi connectivity index (χ1n) is 10.0. The minimum atomic E-state index is -1.17. The van der Waals surface area contributed by atoms with Gasteiger partial charge in [-0.25, -0.2) is 4.79 Å². The summed E-state index contributed by atoms with van der Waals surface area (Å²) in [6, 6.07) is 3.46. The molecule has 1 saturated heterocycles. The SMILES string of the molecule is CC(N)(CN1CC(Oc2ccc3c(c2C(=O)O)OB(O)C2CC32)C1)C(=O)NCCO. The highest BCUT2D eigenvalue weighted by Gasteiger charge is 2.54. The van der Waals surface area contributed by atoms with E-state index in [1.165, 1.54) is 0 Å². The van der Waals surface area contributed by atoms with Gasteiger partial charge >= 0.3 is 13.1 Å². The van der Waals surface area contributed by atoms with Crippen molar-refractivity contribution >= 4 is 19.0 Å². The van der Waals surface area contributed by atoms with Gasteiger partial charge < -0.3 is 35.7 Å². The van der Waals surface area contributed by atoms with E-state index in [1.54, 1.807) is 13.0 Å². The Hall–Kier alpha value is -2.34. The molecule has 0 aromatic heterocycles. The Bertz CT molecular complexity index is 859. The number of aliphatic hydroxyl groups excluding tert-OH is 1. The fraction of sp³-hybridized carbons (Fsp3) is 0.579. The molecule has 1 saturated carbocycles. The molecule has 3 unspecified atom stereocenters. The number of hydrogen-bond donors (Lipinski definition) is 5. The molecule has 1 aromatic rings. The van der Waals surface area contributed by atoms with Gasteiger partial charge in [-0.3, -0.25) is 9.69 Å². The second kappa shape index (κ2) is 7.73. The number of fused-ring (bicyclic) bond motifs is 3. The molecule has 1 amide bonds. The fourth-order valence-electron chi connectivity index (χ4n) is 4.21. The van der Waals surface area contributed by atoms with Crippen LogP contribution in [0.4, 0.5) is 0 Å². The highest BCUT2D eigenvalue weighted by Crippen LogP contribution is 2.60. The Morgan fingerprint density at radius 1 is 1.43 bits per heavy atom. The predicted molar refractivity (Wildman–Crippen MR) is 107 cm³/mol. The second-order valence-electron chi connectivity index (χ2n) is 8.51. The summed E-state index contributed by atoms with van der Waals surface area (Å²) < 4.78 is 11.4. The van der Waals surface area contributed by atoms with Crippen LogP contribution in [0.25, 0.3) is 0 Å². The van der Waals surface area contributed by atoms with Gasteiger partial charge in [-0.1, -0.05) is 6.07 Å². The largest absolute Gasteiger partial charge is 0.535 e. The number of likely N-dealkylation sites (tertiary alicyclic amines) is 1. The van der Waals surface area contributed by atoms with Crippen LogP contribution in [0.5, 0.6) is 11.5 Å². The van der Waals surface area contributed by atoms with Crippen molar-refractivity contribution in [1.82, 2.24) is 10.2 Å². The summed E-state index contributed by atoms with van der Waals surface area (Å²) in [6.45, 7) is 2.89. The fourth-order valence-corrected chi connectivity index (χ4v) is 4.21. The summed E-state index contributed by atoms with van der Waals surface area (Å²) in [5.41, 5.74) is 5.70. The molecule has 0 radical (unpaired) electrons. The van der Waals surface area contributed by atoms with Crippen LogP contribution in [0.1, 0.15) is 35.2 Å². The molecule has 2 heterocycles. The number of rotatable bonds is 8. The van der Waals surface area contributed by atoms with E-state index < -0.39 is 18.6 Å². The van der Waals surface area contributed by atoms with Crippen LogP contribution in [-0.4, -0.2) is 83.6 Å². The minimum absolute atomic E-state index is 0.0336. The summed E-state index contributed by atoms with van der Waals surface area (Å²) in [5.74, 6) is -0.955. The number of ether oxygens (including phenoxy) is 1. The molecule has 10 nitrogen and oxygen atoms in total. The maximum atomic E-state index is 12.1.